The first-order chi connectivity index (χ1) is 17.7. The minimum Gasteiger partial charge on any atom is -0.505 e. The third kappa shape index (κ3) is 11.2. The standard InChI is InChI=1S/C17H14N2O10S3.C2H6.CH4O2S.Y/c1-9-6-11(31(22,23)24)7-10-8-13(30-29-28-21)16(17(20)15(9)10)19-18-12-4-2-3-5-14(12)32(25,26)27;1-2;1-4(2)3;/h2-8,20-21H,1H3,(H,22,23,24)(H,25,26,27);1-2H3;1H3,(H,2,3);. The zero-order valence-electron chi connectivity index (χ0n) is 20.7. The fraction of sp³-hybridized carbons (Fsp3) is 0.200. The fourth-order valence-electron chi connectivity index (χ4n) is 2.89. The van der Waals surface area contributed by atoms with Gasteiger partial charge >= 0.3 is 0 Å². The molecule has 19 heteroatoms. The van der Waals surface area contributed by atoms with Crippen LogP contribution in [0.5, 0.6) is 5.75 Å². The fourth-order valence-corrected chi connectivity index (χ4v) is 4.61. The summed E-state index contributed by atoms with van der Waals surface area (Å²) in [6, 6.07) is 8.70. The maximum Gasteiger partial charge on any atom is 0.296 e. The predicted octanol–water partition coefficient (Wildman–Crippen LogP) is 5.05. The van der Waals surface area contributed by atoms with Crippen LogP contribution in [0.4, 0.5) is 11.4 Å². The normalized spacial score (nSPS) is 12.1. The van der Waals surface area contributed by atoms with E-state index in [1.807, 2.05) is 13.8 Å². The van der Waals surface area contributed by atoms with E-state index >= 15 is 0 Å². The van der Waals surface area contributed by atoms with Crippen molar-refractivity contribution in [1.82, 2.24) is 0 Å². The summed E-state index contributed by atoms with van der Waals surface area (Å²) in [6.45, 7) is 5.48. The number of fused-ring (bicyclic) bond motifs is 1. The number of phenolic OH excluding ortho intramolecular Hbond substituents is 1. The molecule has 14 nitrogen and oxygen atoms in total. The molecule has 213 valence electrons. The van der Waals surface area contributed by atoms with Crippen LogP contribution in [0.1, 0.15) is 19.4 Å². The van der Waals surface area contributed by atoms with Crippen LogP contribution in [0.3, 0.4) is 0 Å². The van der Waals surface area contributed by atoms with E-state index in [9.17, 15) is 31.0 Å². The molecule has 3 aromatic carbocycles. The molecule has 39 heavy (non-hydrogen) atoms. The average Bonchev–Trinajstić information content (AvgIpc) is 2.81. The molecule has 0 heterocycles. The van der Waals surface area contributed by atoms with Crippen LogP contribution in [-0.4, -0.2) is 51.3 Å². The second kappa shape index (κ2) is 16.8. The number of aryl methyl sites for hydroxylation is 1. The maximum atomic E-state index is 11.5. The molecule has 1 radical (unpaired) electrons. The molecule has 0 amide bonds. The van der Waals surface area contributed by atoms with Crippen molar-refractivity contribution in [3.05, 3.63) is 48.0 Å². The Morgan fingerprint density at radius 1 is 0.974 bits per heavy atom. The van der Waals surface area contributed by atoms with Gasteiger partial charge in [0.05, 0.1) is 21.8 Å². The largest absolute Gasteiger partial charge is 0.505 e. The van der Waals surface area contributed by atoms with Gasteiger partial charge in [0.1, 0.15) is 27.4 Å². The van der Waals surface area contributed by atoms with Crippen molar-refractivity contribution < 1.29 is 87.1 Å². The van der Waals surface area contributed by atoms with Gasteiger partial charge in [0.25, 0.3) is 20.2 Å². The monoisotopic (exact) mass is 701 g/mol. The Morgan fingerprint density at radius 3 is 2.05 bits per heavy atom. The summed E-state index contributed by atoms with van der Waals surface area (Å²) in [5.41, 5.74) is -0.214. The molecule has 0 saturated carbocycles. The molecule has 3 rings (SSSR count). The van der Waals surface area contributed by atoms with E-state index in [4.69, 9.17) is 14.0 Å². The molecule has 0 bridgehead atoms. The van der Waals surface area contributed by atoms with E-state index in [1.165, 1.54) is 37.4 Å². The van der Waals surface area contributed by atoms with E-state index in [0.717, 1.165) is 18.2 Å². The second-order valence-corrected chi connectivity index (χ2v) is 11.1. The topological polar surface area (TPSA) is 230 Å². The summed E-state index contributed by atoms with van der Waals surface area (Å²) in [7, 11) is -9.15. The van der Waals surface area contributed by atoms with Crippen LogP contribution in [0.15, 0.2) is 67.4 Å². The number of azo groups is 1. The van der Waals surface area contributed by atoms with Crippen molar-refractivity contribution >= 4 is 65.5 Å². The van der Waals surface area contributed by atoms with Gasteiger partial charge in [-0.3, -0.25) is 9.11 Å². The summed E-state index contributed by atoms with van der Waals surface area (Å²) in [5.74, 6) is -0.487. The summed E-state index contributed by atoms with van der Waals surface area (Å²) in [5, 5.41) is 30.8. The van der Waals surface area contributed by atoms with Gasteiger partial charge < -0.3 is 9.66 Å². The van der Waals surface area contributed by atoms with Crippen LogP contribution in [-0.2, 0) is 73.4 Å². The molecule has 5 N–H and O–H groups in total. The van der Waals surface area contributed by atoms with Gasteiger partial charge in [-0.2, -0.15) is 16.8 Å². The average molecular weight is 702 g/mol. The molecular formula is C20H24N2O12S4Y. The van der Waals surface area contributed by atoms with E-state index in [1.54, 1.807) is 0 Å². The quantitative estimate of drug-likeness (QED) is 0.0543. The molecule has 1 unspecified atom stereocenters. The first kappa shape index (κ1) is 37.6. The zero-order valence-corrected chi connectivity index (χ0v) is 26.8. The number of aromatic hydroxyl groups is 1. The first-order valence-corrected chi connectivity index (χ1v) is 15.2. The molecule has 3 aromatic rings. The van der Waals surface area contributed by atoms with Crippen molar-refractivity contribution in [3.8, 4) is 5.75 Å². The SMILES string of the molecule is CC.CS(=O)O.Cc1cc(S(=O)(=O)O)cc2cc(SOOO)c(N=Nc3ccccc3S(=O)(=O)O)c(O)c12.[Y]. The molecule has 0 saturated heterocycles. The molecule has 0 spiro atoms. The van der Waals surface area contributed by atoms with Gasteiger partial charge in [-0.05, 0) is 48.2 Å². The van der Waals surface area contributed by atoms with Gasteiger partial charge in [-0.25, -0.2) is 9.47 Å². The predicted molar refractivity (Wildman–Crippen MR) is 139 cm³/mol. The van der Waals surface area contributed by atoms with Crippen LogP contribution >= 0.6 is 12.0 Å². The van der Waals surface area contributed by atoms with Gasteiger partial charge in [-0.1, -0.05) is 31.0 Å². The molecule has 0 aromatic heterocycles. The summed E-state index contributed by atoms with van der Waals surface area (Å²) in [6.07, 6.45) is 1.19. The Morgan fingerprint density at radius 2 is 1.54 bits per heavy atom. The van der Waals surface area contributed by atoms with E-state index in [0.29, 0.717) is 12.0 Å². The number of rotatable bonds is 7. The van der Waals surface area contributed by atoms with Crippen molar-refractivity contribution in [2.24, 2.45) is 10.2 Å². The Bertz CT molecular complexity index is 1540. The number of nitrogens with zero attached hydrogens (tertiary/aromatic N) is 2. The van der Waals surface area contributed by atoms with Gasteiger partial charge in [-0.15, -0.1) is 14.6 Å². The molecular weight excluding hydrogens is 677 g/mol. The molecule has 0 aliphatic carbocycles. The number of benzene rings is 3. The van der Waals surface area contributed by atoms with Crippen molar-refractivity contribution in [3.63, 3.8) is 0 Å². The molecule has 0 aliphatic heterocycles. The maximum absolute atomic E-state index is 11.5. The number of hydrogen-bond donors (Lipinski definition) is 5. The summed E-state index contributed by atoms with van der Waals surface area (Å²) in [4.78, 5) is -0.972. The first-order valence-electron chi connectivity index (χ1n) is 10.1. The Labute approximate surface area is 256 Å². The number of phenols is 1. The minimum absolute atomic E-state index is 0. The molecule has 1 atom stereocenters. The van der Waals surface area contributed by atoms with Gasteiger partial charge in [0, 0.05) is 44.4 Å². The van der Waals surface area contributed by atoms with Crippen LogP contribution in [0, 0.1) is 6.92 Å². The second-order valence-electron chi connectivity index (χ2n) is 6.68. The zero-order chi connectivity index (χ0) is 29.3. The van der Waals surface area contributed by atoms with Gasteiger partial charge in [0.2, 0.25) is 0 Å². The van der Waals surface area contributed by atoms with E-state index in [2.05, 4.69) is 19.6 Å². The third-order valence-corrected chi connectivity index (χ3v) is 6.53. The summed E-state index contributed by atoms with van der Waals surface area (Å²) >= 11 is -1.24. The smallest absolute Gasteiger partial charge is 0.296 e. The van der Waals surface area contributed by atoms with Gasteiger partial charge in [0.15, 0.2) is 5.75 Å². The van der Waals surface area contributed by atoms with E-state index in [-0.39, 0.29) is 65.3 Å². The Kier molecular flexibility index (Phi) is 16.1. The van der Waals surface area contributed by atoms with Crippen molar-refractivity contribution in [2.45, 2.75) is 35.5 Å². The molecule has 0 aliphatic rings. The third-order valence-electron chi connectivity index (χ3n) is 4.17. The number of hydrogen-bond acceptors (Lipinski definition) is 12. The molecule has 0 fully saturated rings. The summed E-state index contributed by atoms with van der Waals surface area (Å²) < 4.78 is 85.8. The van der Waals surface area contributed by atoms with Crippen molar-refractivity contribution in [1.29, 1.82) is 0 Å². The minimum atomic E-state index is -4.61. The van der Waals surface area contributed by atoms with Crippen LogP contribution < -0.4 is 0 Å². The van der Waals surface area contributed by atoms with Crippen molar-refractivity contribution in [2.75, 3.05) is 6.26 Å². The van der Waals surface area contributed by atoms with E-state index < -0.39 is 46.9 Å². The Balaban J connectivity index is 0.00000189. The van der Waals surface area contributed by atoms with Crippen LogP contribution in [0.25, 0.3) is 10.8 Å². The van der Waals surface area contributed by atoms with Crippen LogP contribution in [0.2, 0.25) is 0 Å². The Hall–Kier alpha value is -1.42.